The van der Waals surface area contributed by atoms with Crippen molar-refractivity contribution >= 4 is 34.0 Å². The molecule has 0 spiro atoms. The number of hydrogen-bond donors (Lipinski definition) is 1. The van der Waals surface area contributed by atoms with Gasteiger partial charge in [0.2, 0.25) is 6.79 Å². The predicted molar refractivity (Wildman–Crippen MR) is 128 cm³/mol. The van der Waals surface area contributed by atoms with Crippen molar-refractivity contribution in [2.24, 2.45) is 0 Å². The fraction of sp³-hybridized carbons (Fsp3) is 0.0400. The highest BCUT2D eigenvalue weighted by Gasteiger charge is 2.20. The van der Waals surface area contributed by atoms with Crippen LogP contribution in [0.25, 0.3) is 0 Å². The molecule has 0 fully saturated rings. The van der Waals surface area contributed by atoms with Crippen molar-refractivity contribution in [1.82, 2.24) is 0 Å². The Morgan fingerprint density at radius 3 is 1.62 bits per heavy atom. The minimum absolute atomic E-state index is 0.0741. The zero-order chi connectivity index (χ0) is 22.4. The highest BCUT2D eigenvalue weighted by atomic mass is 32.2. The smallest absolute Gasteiger partial charge is 0.294 e. The van der Waals surface area contributed by atoms with Crippen molar-refractivity contribution in [1.29, 1.82) is 0 Å². The number of ether oxygens (including phenoxy) is 2. The summed E-state index contributed by atoms with van der Waals surface area (Å²) in [6.07, 6.45) is 0. The molecule has 1 aliphatic heterocycles. The zero-order valence-electron chi connectivity index (χ0n) is 17.0. The first-order chi connectivity index (χ1) is 15.5. The van der Waals surface area contributed by atoms with Gasteiger partial charge in [0, 0.05) is 0 Å². The molecule has 4 aromatic rings. The molecular formula is C25H21O5PS. The molecule has 162 valence electrons. The zero-order valence-corrected chi connectivity index (χ0v) is 18.7. The third-order valence-electron chi connectivity index (χ3n) is 4.68. The molecule has 0 saturated carbocycles. The van der Waals surface area contributed by atoms with Crippen LogP contribution in [-0.2, 0) is 10.1 Å². The van der Waals surface area contributed by atoms with Gasteiger partial charge in [0.1, 0.15) is 0 Å². The van der Waals surface area contributed by atoms with E-state index in [-0.39, 0.29) is 4.90 Å². The van der Waals surface area contributed by atoms with E-state index in [1.807, 2.05) is 6.07 Å². The average Bonchev–Trinajstić information content (AvgIpc) is 3.29. The van der Waals surface area contributed by atoms with Gasteiger partial charge < -0.3 is 9.47 Å². The fourth-order valence-corrected chi connectivity index (χ4v) is 6.02. The Balaban J connectivity index is 0.000000207. The molecule has 7 heteroatoms. The lowest BCUT2D eigenvalue weighted by atomic mass is 10.3. The topological polar surface area (TPSA) is 72.8 Å². The van der Waals surface area contributed by atoms with Gasteiger partial charge in [-0.3, -0.25) is 4.55 Å². The molecule has 0 aromatic heterocycles. The number of fused-ring (bicyclic) bond motifs is 1. The van der Waals surface area contributed by atoms with Gasteiger partial charge in [0.15, 0.2) is 11.5 Å². The van der Waals surface area contributed by atoms with Crippen molar-refractivity contribution < 1.29 is 22.4 Å². The molecule has 0 atom stereocenters. The molecule has 0 radical (unpaired) electrons. The maximum atomic E-state index is 10.4. The normalized spacial score (nSPS) is 12.2. The summed E-state index contributed by atoms with van der Waals surface area (Å²) in [5, 5.41) is 3.95. The lowest BCUT2D eigenvalue weighted by Crippen LogP contribution is -2.20. The van der Waals surface area contributed by atoms with E-state index in [1.54, 1.807) is 18.2 Å². The Hall–Kier alpha value is -3.18. The Bertz CT molecular complexity index is 1220. The van der Waals surface area contributed by atoms with E-state index in [2.05, 4.69) is 72.8 Å². The van der Waals surface area contributed by atoms with Gasteiger partial charge in [0.05, 0.1) is 4.90 Å². The maximum absolute atomic E-state index is 10.4. The summed E-state index contributed by atoms with van der Waals surface area (Å²) in [7, 11) is -4.59. The Labute approximate surface area is 188 Å². The largest absolute Gasteiger partial charge is 0.454 e. The number of hydrogen-bond acceptors (Lipinski definition) is 4. The first kappa shape index (κ1) is 22.0. The Kier molecular flexibility index (Phi) is 6.86. The van der Waals surface area contributed by atoms with E-state index in [0.29, 0.717) is 6.79 Å². The summed E-state index contributed by atoms with van der Waals surface area (Å²) < 4.78 is 40.2. The fourth-order valence-electron chi connectivity index (χ4n) is 3.22. The Morgan fingerprint density at radius 2 is 1.12 bits per heavy atom. The molecule has 1 N–H and O–H groups in total. The third-order valence-corrected chi connectivity index (χ3v) is 7.98. The SMILES string of the molecule is O=S(=O)(O)c1ccccc1.c1ccc(P(c2ccccc2)c2ccc3c(c2)OCO3)cc1. The second-order valence-corrected chi connectivity index (χ2v) is 10.5. The molecular weight excluding hydrogens is 443 g/mol. The quantitative estimate of drug-likeness (QED) is 0.364. The second kappa shape index (κ2) is 9.96. The Morgan fingerprint density at radius 1 is 0.625 bits per heavy atom. The summed E-state index contributed by atoms with van der Waals surface area (Å²) in [4.78, 5) is -0.0741. The van der Waals surface area contributed by atoms with Crippen molar-refractivity contribution in [3.05, 3.63) is 109 Å². The van der Waals surface area contributed by atoms with Gasteiger partial charge in [-0.05, 0) is 54.2 Å². The molecule has 4 aromatic carbocycles. The van der Waals surface area contributed by atoms with E-state index < -0.39 is 18.0 Å². The molecule has 0 aliphatic carbocycles. The van der Waals surface area contributed by atoms with Gasteiger partial charge in [-0.15, -0.1) is 0 Å². The molecule has 32 heavy (non-hydrogen) atoms. The molecule has 1 aliphatic rings. The van der Waals surface area contributed by atoms with Crippen molar-refractivity contribution in [3.8, 4) is 11.5 Å². The van der Waals surface area contributed by atoms with Crippen LogP contribution in [0.5, 0.6) is 11.5 Å². The van der Waals surface area contributed by atoms with Gasteiger partial charge >= 0.3 is 0 Å². The van der Waals surface area contributed by atoms with Crippen LogP contribution < -0.4 is 25.4 Å². The molecule has 0 bridgehead atoms. The maximum Gasteiger partial charge on any atom is 0.294 e. The van der Waals surface area contributed by atoms with Crippen molar-refractivity contribution in [2.45, 2.75) is 4.90 Å². The van der Waals surface area contributed by atoms with Crippen molar-refractivity contribution in [2.75, 3.05) is 6.79 Å². The van der Waals surface area contributed by atoms with Crippen LogP contribution in [-0.4, -0.2) is 19.8 Å². The molecule has 0 unspecified atom stereocenters. The van der Waals surface area contributed by atoms with Crippen molar-refractivity contribution in [3.63, 3.8) is 0 Å². The van der Waals surface area contributed by atoms with E-state index >= 15 is 0 Å². The van der Waals surface area contributed by atoms with Gasteiger partial charge in [0.25, 0.3) is 10.1 Å². The summed E-state index contributed by atoms with van der Waals surface area (Å²) in [6, 6.07) is 35.0. The predicted octanol–water partition coefficient (Wildman–Crippen LogP) is 4.11. The number of benzene rings is 4. The molecule has 5 rings (SSSR count). The summed E-state index contributed by atoms with van der Waals surface area (Å²) in [6.45, 7) is 0.313. The van der Waals surface area contributed by atoms with Gasteiger partial charge in [-0.1, -0.05) is 78.9 Å². The van der Waals surface area contributed by atoms with Crippen LogP contribution in [0.3, 0.4) is 0 Å². The summed E-state index contributed by atoms with van der Waals surface area (Å²) in [5.74, 6) is 1.68. The van der Waals surface area contributed by atoms with E-state index in [0.717, 1.165) is 11.5 Å². The van der Waals surface area contributed by atoms with E-state index in [4.69, 9.17) is 14.0 Å². The van der Waals surface area contributed by atoms with E-state index in [9.17, 15) is 8.42 Å². The van der Waals surface area contributed by atoms with Crippen LogP contribution in [0.15, 0.2) is 114 Å². The van der Waals surface area contributed by atoms with Crippen LogP contribution in [0, 0.1) is 0 Å². The number of rotatable bonds is 4. The first-order valence-corrected chi connectivity index (χ1v) is 12.6. The second-order valence-electron chi connectivity index (χ2n) is 6.83. The molecule has 5 nitrogen and oxygen atoms in total. The summed E-state index contributed by atoms with van der Waals surface area (Å²) in [5.41, 5.74) is 0. The molecule has 0 amide bonds. The average molecular weight is 464 g/mol. The lowest BCUT2D eigenvalue weighted by Gasteiger charge is -2.19. The molecule has 0 saturated heterocycles. The minimum Gasteiger partial charge on any atom is -0.454 e. The standard InChI is InChI=1S/C19H15O2P.C6H6O3S/c1-3-7-15(8-4-1)22(16-9-5-2-6-10-16)17-11-12-18-19(13-17)21-14-20-18;7-10(8,9)6-4-2-1-3-5-6/h1-13H,14H2;1-5H,(H,7,8,9). The third kappa shape index (κ3) is 5.35. The van der Waals surface area contributed by atoms with Crippen LogP contribution in [0.4, 0.5) is 0 Å². The van der Waals surface area contributed by atoms with Gasteiger partial charge in [-0.25, -0.2) is 0 Å². The minimum atomic E-state index is -4.00. The summed E-state index contributed by atoms with van der Waals surface area (Å²) >= 11 is 0. The van der Waals surface area contributed by atoms with E-state index in [1.165, 1.54) is 28.0 Å². The van der Waals surface area contributed by atoms with Crippen LogP contribution in [0.1, 0.15) is 0 Å². The van der Waals surface area contributed by atoms with Crippen LogP contribution in [0.2, 0.25) is 0 Å². The van der Waals surface area contributed by atoms with Crippen LogP contribution >= 0.6 is 7.92 Å². The highest BCUT2D eigenvalue weighted by Crippen LogP contribution is 2.38. The highest BCUT2D eigenvalue weighted by molar-refractivity contribution is 7.85. The monoisotopic (exact) mass is 464 g/mol. The van der Waals surface area contributed by atoms with Gasteiger partial charge in [-0.2, -0.15) is 8.42 Å². The first-order valence-electron chi connectivity index (χ1n) is 9.85. The molecule has 1 heterocycles. The lowest BCUT2D eigenvalue weighted by molar-refractivity contribution is 0.174.